The molecule has 106 valence electrons. The number of pyridine rings is 1. The first-order valence-electron chi connectivity index (χ1n) is 5.49. The molecule has 0 atom stereocenters. The number of anilines is 2. The molecule has 1 heterocycles. The number of rotatable bonds is 3. The van der Waals surface area contributed by atoms with Crippen LogP contribution in [0, 0.1) is 12.7 Å². The molecule has 0 bridgehead atoms. The van der Waals surface area contributed by atoms with Gasteiger partial charge < -0.3 is 5.73 Å². The predicted molar refractivity (Wildman–Crippen MR) is 78.3 cm³/mol. The standard InChI is InChI=1S/C12H11BrFN3O2S/c1-7-4-8(15)5-11(12(7)14)20(18,19)17-10-2-3-16-6-9(10)13/h2-6H,15H2,1H3,(H,16,17). The molecule has 3 N–H and O–H groups in total. The highest BCUT2D eigenvalue weighted by molar-refractivity contribution is 9.10. The molecule has 0 aliphatic carbocycles. The van der Waals surface area contributed by atoms with Crippen LogP contribution in [0.2, 0.25) is 0 Å². The Kier molecular flexibility index (Phi) is 3.96. The molecule has 0 aliphatic heterocycles. The van der Waals surface area contributed by atoms with Crippen molar-refractivity contribution in [2.75, 3.05) is 10.5 Å². The third-order valence-corrected chi connectivity index (χ3v) is 4.55. The monoisotopic (exact) mass is 359 g/mol. The number of sulfonamides is 1. The van der Waals surface area contributed by atoms with Gasteiger partial charge in [0, 0.05) is 18.1 Å². The van der Waals surface area contributed by atoms with E-state index in [0.29, 0.717) is 4.47 Å². The van der Waals surface area contributed by atoms with Crippen LogP contribution >= 0.6 is 15.9 Å². The molecular weight excluding hydrogens is 349 g/mol. The van der Waals surface area contributed by atoms with Gasteiger partial charge in [-0.2, -0.15) is 0 Å². The molecule has 2 rings (SSSR count). The van der Waals surface area contributed by atoms with Crippen LogP contribution in [0.4, 0.5) is 15.8 Å². The molecule has 5 nitrogen and oxygen atoms in total. The van der Waals surface area contributed by atoms with Gasteiger partial charge in [-0.3, -0.25) is 9.71 Å². The summed E-state index contributed by atoms with van der Waals surface area (Å²) in [5, 5.41) is 0. The quantitative estimate of drug-likeness (QED) is 0.825. The van der Waals surface area contributed by atoms with Crippen LogP contribution in [0.25, 0.3) is 0 Å². The minimum absolute atomic E-state index is 0.166. The van der Waals surface area contributed by atoms with Crippen molar-refractivity contribution in [1.82, 2.24) is 4.98 Å². The lowest BCUT2D eigenvalue weighted by Crippen LogP contribution is -2.16. The molecule has 0 saturated heterocycles. The zero-order valence-electron chi connectivity index (χ0n) is 10.4. The molecule has 0 spiro atoms. The average Bonchev–Trinajstić information content (AvgIpc) is 2.36. The SMILES string of the molecule is Cc1cc(N)cc(S(=O)(=O)Nc2ccncc2Br)c1F. The van der Waals surface area contributed by atoms with Crippen LogP contribution < -0.4 is 10.5 Å². The second kappa shape index (κ2) is 5.37. The lowest BCUT2D eigenvalue weighted by atomic mass is 10.2. The zero-order chi connectivity index (χ0) is 14.9. The lowest BCUT2D eigenvalue weighted by Gasteiger charge is -2.11. The van der Waals surface area contributed by atoms with Crippen molar-refractivity contribution in [2.24, 2.45) is 0 Å². The first-order valence-corrected chi connectivity index (χ1v) is 7.77. The highest BCUT2D eigenvalue weighted by Gasteiger charge is 2.22. The summed E-state index contributed by atoms with van der Waals surface area (Å²) in [6.07, 6.45) is 2.85. The summed E-state index contributed by atoms with van der Waals surface area (Å²) in [6, 6.07) is 3.91. The second-order valence-electron chi connectivity index (χ2n) is 4.11. The molecular formula is C12H11BrFN3O2S. The van der Waals surface area contributed by atoms with Crippen molar-refractivity contribution in [3.8, 4) is 0 Å². The van der Waals surface area contributed by atoms with E-state index in [9.17, 15) is 12.8 Å². The van der Waals surface area contributed by atoms with E-state index in [0.717, 1.165) is 6.07 Å². The fourth-order valence-corrected chi connectivity index (χ4v) is 3.36. The summed E-state index contributed by atoms with van der Waals surface area (Å²) in [5.74, 6) is -0.822. The van der Waals surface area contributed by atoms with Gasteiger partial charge >= 0.3 is 0 Å². The Bertz CT molecular complexity index is 765. The van der Waals surface area contributed by atoms with Crippen LogP contribution in [-0.2, 0) is 10.0 Å². The Morgan fingerprint density at radius 2 is 2.10 bits per heavy atom. The fraction of sp³-hybridized carbons (Fsp3) is 0.0833. The van der Waals surface area contributed by atoms with E-state index in [-0.39, 0.29) is 16.9 Å². The number of nitrogens with one attached hydrogen (secondary N) is 1. The van der Waals surface area contributed by atoms with E-state index in [4.69, 9.17) is 5.73 Å². The second-order valence-corrected chi connectivity index (χ2v) is 6.62. The van der Waals surface area contributed by atoms with E-state index < -0.39 is 20.7 Å². The molecule has 1 aromatic heterocycles. The number of aromatic nitrogens is 1. The van der Waals surface area contributed by atoms with E-state index in [2.05, 4.69) is 25.6 Å². The van der Waals surface area contributed by atoms with Gasteiger partial charge in [0.15, 0.2) is 0 Å². The number of benzene rings is 1. The van der Waals surface area contributed by atoms with Gasteiger partial charge in [-0.15, -0.1) is 0 Å². The average molecular weight is 360 g/mol. The number of hydrogen-bond acceptors (Lipinski definition) is 4. The minimum atomic E-state index is -4.07. The molecule has 1 aromatic carbocycles. The van der Waals surface area contributed by atoms with E-state index in [1.54, 1.807) is 0 Å². The van der Waals surface area contributed by atoms with Gasteiger partial charge in [0.05, 0.1) is 10.2 Å². The van der Waals surface area contributed by atoms with Gasteiger partial charge in [-0.25, -0.2) is 12.8 Å². The van der Waals surface area contributed by atoms with Gasteiger partial charge in [0.1, 0.15) is 10.7 Å². The maximum atomic E-state index is 14.0. The van der Waals surface area contributed by atoms with Gasteiger partial charge in [-0.1, -0.05) is 0 Å². The minimum Gasteiger partial charge on any atom is -0.399 e. The van der Waals surface area contributed by atoms with Crippen LogP contribution in [0.3, 0.4) is 0 Å². The third-order valence-electron chi connectivity index (χ3n) is 2.55. The lowest BCUT2D eigenvalue weighted by molar-refractivity contribution is 0.565. The molecule has 2 aromatic rings. The van der Waals surface area contributed by atoms with Crippen molar-refractivity contribution >= 4 is 37.3 Å². The highest BCUT2D eigenvalue weighted by atomic mass is 79.9. The first-order chi connectivity index (χ1) is 9.31. The number of nitrogen functional groups attached to an aromatic ring is 1. The number of aryl methyl sites for hydroxylation is 1. The Balaban J connectivity index is 2.49. The van der Waals surface area contributed by atoms with Gasteiger partial charge in [0.2, 0.25) is 0 Å². The van der Waals surface area contributed by atoms with Crippen LogP contribution in [0.1, 0.15) is 5.56 Å². The molecule has 20 heavy (non-hydrogen) atoms. The van der Waals surface area contributed by atoms with Gasteiger partial charge in [-0.05, 0) is 46.6 Å². The first kappa shape index (κ1) is 14.7. The summed E-state index contributed by atoms with van der Waals surface area (Å²) in [4.78, 5) is 3.33. The third kappa shape index (κ3) is 2.91. The number of nitrogens with two attached hydrogens (primary N) is 1. The zero-order valence-corrected chi connectivity index (χ0v) is 12.8. The van der Waals surface area contributed by atoms with E-state index in [1.165, 1.54) is 31.5 Å². The Labute approximate surface area is 124 Å². The normalized spacial score (nSPS) is 11.3. The van der Waals surface area contributed by atoms with Crippen LogP contribution in [-0.4, -0.2) is 13.4 Å². The molecule has 0 radical (unpaired) electrons. The van der Waals surface area contributed by atoms with Crippen molar-refractivity contribution in [1.29, 1.82) is 0 Å². The maximum Gasteiger partial charge on any atom is 0.264 e. The summed E-state index contributed by atoms with van der Waals surface area (Å²) >= 11 is 3.16. The molecule has 0 saturated carbocycles. The van der Waals surface area contributed by atoms with Crippen LogP contribution in [0.15, 0.2) is 40.0 Å². The van der Waals surface area contributed by atoms with Crippen molar-refractivity contribution in [3.63, 3.8) is 0 Å². The molecule has 0 unspecified atom stereocenters. The highest BCUT2D eigenvalue weighted by Crippen LogP contribution is 2.26. The Morgan fingerprint density at radius 3 is 2.75 bits per heavy atom. The maximum absolute atomic E-state index is 14.0. The largest absolute Gasteiger partial charge is 0.399 e. The van der Waals surface area contributed by atoms with Crippen LogP contribution in [0.5, 0.6) is 0 Å². The smallest absolute Gasteiger partial charge is 0.264 e. The summed E-state index contributed by atoms with van der Waals surface area (Å²) in [6.45, 7) is 1.45. The van der Waals surface area contributed by atoms with Crippen molar-refractivity contribution in [3.05, 3.63) is 46.4 Å². The van der Waals surface area contributed by atoms with E-state index in [1.807, 2.05) is 0 Å². The topological polar surface area (TPSA) is 85.1 Å². The van der Waals surface area contributed by atoms with E-state index >= 15 is 0 Å². The number of hydrogen-bond donors (Lipinski definition) is 2. The number of halogens is 2. The van der Waals surface area contributed by atoms with Gasteiger partial charge in [0.25, 0.3) is 10.0 Å². The molecule has 0 fully saturated rings. The summed E-state index contributed by atoms with van der Waals surface area (Å²) in [5.41, 5.74) is 6.18. The summed E-state index contributed by atoms with van der Waals surface area (Å²) < 4.78 is 41.2. The van der Waals surface area contributed by atoms with Crippen molar-refractivity contribution in [2.45, 2.75) is 11.8 Å². The number of nitrogens with zero attached hydrogens (tertiary/aromatic N) is 1. The molecule has 0 aliphatic rings. The molecule has 0 amide bonds. The Hall–Kier alpha value is -1.67. The predicted octanol–water partition coefficient (Wildman–Crippen LogP) is 2.67. The van der Waals surface area contributed by atoms with Crippen molar-refractivity contribution < 1.29 is 12.8 Å². The molecule has 8 heteroatoms. The Morgan fingerprint density at radius 1 is 1.40 bits per heavy atom. The summed E-state index contributed by atoms with van der Waals surface area (Å²) in [7, 11) is -4.07. The fourth-order valence-electron chi connectivity index (χ4n) is 1.62.